The highest BCUT2D eigenvalue weighted by atomic mass is 32.2. The van der Waals surface area contributed by atoms with Crippen molar-refractivity contribution in [2.24, 2.45) is 5.92 Å². The highest BCUT2D eigenvalue weighted by molar-refractivity contribution is 7.89. The van der Waals surface area contributed by atoms with Gasteiger partial charge < -0.3 is 5.32 Å². The van der Waals surface area contributed by atoms with E-state index in [1.807, 2.05) is 0 Å². The molecule has 1 amide bonds. The largest absolute Gasteiger partial charge is 0.326 e. The molecule has 0 radical (unpaired) electrons. The van der Waals surface area contributed by atoms with Crippen LogP contribution in [0.2, 0.25) is 0 Å². The number of aryl methyl sites for hydroxylation is 1. The van der Waals surface area contributed by atoms with Crippen molar-refractivity contribution in [2.45, 2.75) is 24.7 Å². The molecule has 0 aromatic heterocycles. The third kappa shape index (κ3) is 4.43. The van der Waals surface area contributed by atoms with E-state index in [1.54, 1.807) is 19.1 Å². The average molecular weight is 421 g/mol. The van der Waals surface area contributed by atoms with Gasteiger partial charge in [0.1, 0.15) is 10.7 Å². The molecule has 0 unspecified atom stereocenters. The minimum absolute atomic E-state index is 0.0861. The molecule has 2 aromatic rings. The minimum Gasteiger partial charge on any atom is -0.326 e. The van der Waals surface area contributed by atoms with Crippen LogP contribution in [-0.4, -0.2) is 36.6 Å². The van der Waals surface area contributed by atoms with Gasteiger partial charge in [0.15, 0.2) is 0 Å². The van der Waals surface area contributed by atoms with Crippen LogP contribution in [0.15, 0.2) is 47.4 Å². The number of amides is 1. The monoisotopic (exact) mass is 421 g/mol. The van der Waals surface area contributed by atoms with E-state index in [0.29, 0.717) is 11.3 Å². The summed E-state index contributed by atoms with van der Waals surface area (Å²) >= 11 is 0. The molecule has 1 saturated heterocycles. The van der Waals surface area contributed by atoms with Crippen LogP contribution in [0.5, 0.6) is 0 Å². The van der Waals surface area contributed by atoms with Crippen molar-refractivity contribution in [3.8, 4) is 0 Å². The Kier molecular flexibility index (Phi) is 5.94. The second-order valence-corrected chi connectivity index (χ2v) is 8.76. The number of sulfonamides is 1. The Labute approximate surface area is 167 Å². The SMILES string of the molecule is Cc1ccc(NC(=O)C2CCN(S(=O)(=O)c3ccccc3F)CC2)cc1[N+](=O)[O-]. The summed E-state index contributed by atoms with van der Waals surface area (Å²) in [5, 5.41) is 13.7. The molecule has 29 heavy (non-hydrogen) atoms. The Hall–Kier alpha value is -2.85. The number of benzene rings is 2. The molecule has 0 spiro atoms. The molecule has 10 heteroatoms. The topological polar surface area (TPSA) is 110 Å². The lowest BCUT2D eigenvalue weighted by atomic mass is 9.97. The van der Waals surface area contributed by atoms with Gasteiger partial charge in [-0.2, -0.15) is 4.31 Å². The van der Waals surface area contributed by atoms with E-state index >= 15 is 0 Å². The molecule has 1 N–H and O–H groups in total. The predicted molar refractivity (Wildman–Crippen MR) is 104 cm³/mol. The standard InChI is InChI=1S/C19H20FN3O5S/c1-13-6-7-15(12-17(13)23(25)26)21-19(24)14-8-10-22(11-9-14)29(27,28)18-5-3-2-4-16(18)20/h2-7,12,14H,8-11H2,1H3,(H,21,24). The Morgan fingerprint density at radius 3 is 2.48 bits per heavy atom. The predicted octanol–water partition coefficient (Wildman–Crippen LogP) is 3.08. The first-order valence-corrected chi connectivity index (χ1v) is 10.4. The Balaban J connectivity index is 1.65. The minimum atomic E-state index is -3.97. The second kappa shape index (κ2) is 8.26. The van der Waals surface area contributed by atoms with Crippen molar-refractivity contribution >= 4 is 27.3 Å². The molecule has 1 aliphatic heterocycles. The average Bonchev–Trinajstić information content (AvgIpc) is 2.69. The number of anilines is 1. The zero-order valence-electron chi connectivity index (χ0n) is 15.7. The zero-order chi connectivity index (χ0) is 21.2. The summed E-state index contributed by atoms with van der Waals surface area (Å²) in [5.74, 6) is -1.58. The smallest absolute Gasteiger partial charge is 0.274 e. The van der Waals surface area contributed by atoms with Gasteiger partial charge in [-0.15, -0.1) is 0 Å². The Morgan fingerprint density at radius 1 is 1.21 bits per heavy atom. The van der Waals surface area contributed by atoms with E-state index in [-0.39, 0.29) is 42.4 Å². The number of nitrogens with one attached hydrogen (secondary N) is 1. The zero-order valence-corrected chi connectivity index (χ0v) is 16.5. The van der Waals surface area contributed by atoms with Gasteiger partial charge in [0, 0.05) is 36.3 Å². The summed E-state index contributed by atoms with van der Waals surface area (Å²) in [6.45, 7) is 1.78. The highest BCUT2D eigenvalue weighted by Crippen LogP contribution is 2.27. The third-order valence-corrected chi connectivity index (χ3v) is 6.88. The van der Waals surface area contributed by atoms with Gasteiger partial charge in [0.2, 0.25) is 15.9 Å². The van der Waals surface area contributed by atoms with Crippen molar-refractivity contribution in [2.75, 3.05) is 18.4 Å². The molecule has 1 fully saturated rings. The van der Waals surface area contributed by atoms with E-state index in [9.17, 15) is 27.7 Å². The van der Waals surface area contributed by atoms with Crippen molar-refractivity contribution in [3.05, 3.63) is 64.0 Å². The molecule has 154 valence electrons. The normalized spacial score (nSPS) is 15.8. The van der Waals surface area contributed by atoms with E-state index < -0.39 is 26.7 Å². The van der Waals surface area contributed by atoms with Crippen LogP contribution in [0, 0.1) is 28.8 Å². The molecule has 0 aliphatic carbocycles. The van der Waals surface area contributed by atoms with Crippen LogP contribution in [0.4, 0.5) is 15.8 Å². The van der Waals surface area contributed by atoms with Crippen LogP contribution in [0.3, 0.4) is 0 Å². The molecule has 0 bridgehead atoms. The van der Waals surface area contributed by atoms with Gasteiger partial charge in [-0.05, 0) is 38.0 Å². The summed E-state index contributed by atoms with van der Waals surface area (Å²) < 4.78 is 40.3. The summed E-state index contributed by atoms with van der Waals surface area (Å²) in [5.41, 5.74) is 0.710. The molecule has 1 aliphatic rings. The van der Waals surface area contributed by atoms with Crippen LogP contribution < -0.4 is 5.32 Å². The fourth-order valence-corrected chi connectivity index (χ4v) is 4.81. The fourth-order valence-electron chi connectivity index (χ4n) is 3.28. The van der Waals surface area contributed by atoms with Gasteiger partial charge >= 0.3 is 0 Å². The molecular weight excluding hydrogens is 401 g/mol. The maximum absolute atomic E-state index is 13.9. The van der Waals surface area contributed by atoms with E-state index in [1.165, 1.54) is 28.6 Å². The first kappa shape index (κ1) is 20.9. The summed E-state index contributed by atoms with van der Waals surface area (Å²) in [6, 6.07) is 9.61. The quantitative estimate of drug-likeness (QED) is 0.589. The number of hydrogen-bond acceptors (Lipinski definition) is 5. The van der Waals surface area contributed by atoms with Crippen LogP contribution in [0.25, 0.3) is 0 Å². The molecule has 8 nitrogen and oxygen atoms in total. The number of carbonyl (C=O) groups is 1. The Bertz CT molecular complexity index is 1050. The summed E-state index contributed by atoms with van der Waals surface area (Å²) in [4.78, 5) is 22.6. The van der Waals surface area contributed by atoms with Gasteiger partial charge in [0.05, 0.1) is 4.92 Å². The van der Waals surface area contributed by atoms with Crippen molar-refractivity contribution in [3.63, 3.8) is 0 Å². The number of rotatable bonds is 5. The number of piperidine rings is 1. The lowest BCUT2D eigenvalue weighted by molar-refractivity contribution is -0.385. The van der Waals surface area contributed by atoms with Crippen molar-refractivity contribution in [1.82, 2.24) is 4.31 Å². The van der Waals surface area contributed by atoms with Gasteiger partial charge in [-0.1, -0.05) is 18.2 Å². The van der Waals surface area contributed by atoms with Gasteiger partial charge in [-0.25, -0.2) is 12.8 Å². The van der Waals surface area contributed by atoms with Crippen LogP contribution >= 0.6 is 0 Å². The number of nitro groups is 1. The molecule has 1 heterocycles. The molecule has 0 saturated carbocycles. The van der Waals surface area contributed by atoms with Crippen LogP contribution in [-0.2, 0) is 14.8 Å². The summed E-state index contributed by atoms with van der Waals surface area (Å²) in [6.07, 6.45) is 0.543. The van der Waals surface area contributed by atoms with Crippen LogP contribution in [0.1, 0.15) is 18.4 Å². The maximum atomic E-state index is 13.9. The first-order chi connectivity index (χ1) is 13.7. The van der Waals surface area contributed by atoms with E-state index in [0.717, 1.165) is 6.07 Å². The number of carbonyl (C=O) groups excluding carboxylic acids is 1. The molecular formula is C19H20FN3O5S. The number of hydrogen-bond donors (Lipinski definition) is 1. The number of halogens is 1. The molecule has 3 rings (SSSR count). The molecule has 0 atom stereocenters. The number of nitrogens with zero attached hydrogens (tertiary/aromatic N) is 2. The highest BCUT2D eigenvalue weighted by Gasteiger charge is 2.33. The third-order valence-electron chi connectivity index (χ3n) is 4.95. The second-order valence-electron chi connectivity index (χ2n) is 6.86. The fraction of sp³-hybridized carbons (Fsp3) is 0.316. The van der Waals surface area contributed by atoms with Gasteiger partial charge in [0.25, 0.3) is 5.69 Å². The van der Waals surface area contributed by atoms with E-state index in [2.05, 4.69) is 5.32 Å². The lowest BCUT2D eigenvalue weighted by Crippen LogP contribution is -2.41. The first-order valence-electron chi connectivity index (χ1n) is 9.00. The number of nitro benzene ring substituents is 1. The summed E-state index contributed by atoms with van der Waals surface area (Å²) in [7, 11) is -3.97. The van der Waals surface area contributed by atoms with Crippen molar-refractivity contribution in [1.29, 1.82) is 0 Å². The maximum Gasteiger partial charge on any atom is 0.274 e. The lowest BCUT2D eigenvalue weighted by Gasteiger charge is -2.30. The van der Waals surface area contributed by atoms with E-state index in [4.69, 9.17) is 0 Å². The molecule has 2 aromatic carbocycles. The van der Waals surface area contributed by atoms with Gasteiger partial charge in [-0.3, -0.25) is 14.9 Å². The van der Waals surface area contributed by atoms with Crippen molar-refractivity contribution < 1.29 is 22.5 Å². The Morgan fingerprint density at radius 2 is 1.86 bits per heavy atom.